The smallest absolute Gasteiger partial charge is 0.216 e. The van der Waals surface area contributed by atoms with Gasteiger partial charge in [0.15, 0.2) is 0 Å². The lowest BCUT2D eigenvalue weighted by molar-refractivity contribution is 1.36. The van der Waals surface area contributed by atoms with E-state index >= 15 is 0 Å². The second-order valence-electron chi connectivity index (χ2n) is 1.19. The maximum absolute atomic E-state index is 5.34. The average molecular weight is 134 g/mol. The molecule has 0 aliphatic carbocycles. The minimum Gasteiger partial charge on any atom is -0.368 e. The summed E-state index contributed by atoms with van der Waals surface area (Å²) in [6.07, 6.45) is 0. The lowest BCUT2D eigenvalue weighted by Crippen LogP contribution is -2.08. The summed E-state index contributed by atoms with van der Waals surface area (Å²) in [6.45, 7) is 1.64. The minimum atomic E-state index is 0.206. The maximum atomic E-state index is 5.34. The predicted molar refractivity (Wildman–Crippen MR) is 36.5 cm³/mol. The van der Waals surface area contributed by atoms with Crippen molar-refractivity contribution in [1.29, 1.82) is 0 Å². The monoisotopic (exact) mass is 133 g/mol. The first-order valence-electron chi connectivity index (χ1n) is 2.10. The molecular weight excluding hydrogens is 126 g/mol. The summed E-state index contributed by atoms with van der Waals surface area (Å²) < 4.78 is 0. The summed E-state index contributed by atoms with van der Waals surface area (Å²) in [4.78, 5) is 7.16. The molecule has 0 heterocycles. The van der Waals surface area contributed by atoms with Crippen molar-refractivity contribution in [1.82, 2.24) is 0 Å². The molecule has 0 aliphatic heterocycles. The summed E-state index contributed by atoms with van der Waals surface area (Å²) in [5.74, 6) is 0.206. The standard InChI is InChI=1S/C4H8ClN3/c1-3(5)8-4(6)7-2/h1-2H3,(H2,6,7). The Labute approximate surface area is 53.3 Å². The van der Waals surface area contributed by atoms with Crippen molar-refractivity contribution in [2.24, 2.45) is 15.7 Å². The van der Waals surface area contributed by atoms with Gasteiger partial charge in [0, 0.05) is 7.05 Å². The number of aliphatic imine (C=N–C) groups is 2. The second-order valence-corrected chi connectivity index (χ2v) is 1.74. The molecule has 0 saturated heterocycles. The molecule has 0 rings (SSSR count). The highest BCUT2D eigenvalue weighted by Crippen LogP contribution is 1.81. The highest BCUT2D eigenvalue weighted by Gasteiger charge is 1.82. The lowest BCUT2D eigenvalue weighted by Gasteiger charge is -1.86. The van der Waals surface area contributed by atoms with Crippen LogP contribution in [0.15, 0.2) is 9.98 Å². The van der Waals surface area contributed by atoms with Gasteiger partial charge < -0.3 is 5.73 Å². The number of rotatable bonds is 0. The summed E-state index contributed by atoms with van der Waals surface area (Å²) in [7, 11) is 1.55. The minimum absolute atomic E-state index is 0.206. The maximum Gasteiger partial charge on any atom is 0.216 e. The molecule has 0 saturated carbocycles. The molecule has 0 fully saturated rings. The van der Waals surface area contributed by atoms with Crippen molar-refractivity contribution in [2.45, 2.75) is 6.92 Å². The molecule has 2 N–H and O–H groups in total. The summed E-state index contributed by atoms with van der Waals surface area (Å²) in [6, 6.07) is 0. The Morgan fingerprint density at radius 2 is 2.12 bits per heavy atom. The van der Waals surface area contributed by atoms with Gasteiger partial charge in [0.2, 0.25) is 5.96 Å². The van der Waals surface area contributed by atoms with Crippen molar-refractivity contribution in [3.05, 3.63) is 0 Å². The van der Waals surface area contributed by atoms with Gasteiger partial charge in [-0.2, -0.15) is 0 Å². The van der Waals surface area contributed by atoms with E-state index in [-0.39, 0.29) is 5.96 Å². The Bertz CT molecular complexity index is 123. The van der Waals surface area contributed by atoms with Gasteiger partial charge in [-0.1, -0.05) is 11.6 Å². The van der Waals surface area contributed by atoms with E-state index < -0.39 is 0 Å². The molecule has 0 radical (unpaired) electrons. The Morgan fingerprint density at radius 1 is 1.62 bits per heavy atom. The van der Waals surface area contributed by atoms with E-state index in [0.717, 1.165) is 0 Å². The molecule has 0 aromatic heterocycles. The quantitative estimate of drug-likeness (QED) is 0.382. The molecule has 0 aromatic carbocycles. The molecule has 0 bridgehead atoms. The zero-order valence-corrected chi connectivity index (χ0v) is 5.61. The Hall–Kier alpha value is -0.570. The molecule has 3 nitrogen and oxygen atoms in total. The summed E-state index contributed by atoms with van der Waals surface area (Å²) in [5.41, 5.74) is 5.15. The lowest BCUT2D eigenvalue weighted by atomic mass is 10.8. The van der Waals surface area contributed by atoms with Gasteiger partial charge in [-0.05, 0) is 6.92 Å². The third kappa shape index (κ3) is 3.61. The Balaban J connectivity index is 3.89. The number of nitrogens with two attached hydrogens (primary N) is 1. The fourth-order valence-electron chi connectivity index (χ4n) is 0.208. The average Bonchev–Trinajstić information content (AvgIpc) is 1.65. The van der Waals surface area contributed by atoms with Crippen LogP contribution in [0, 0.1) is 0 Å². The zero-order chi connectivity index (χ0) is 6.57. The number of hydrogen-bond donors (Lipinski definition) is 1. The molecule has 0 amide bonds. The van der Waals surface area contributed by atoms with E-state index in [9.17, 15) is 0 Å². The van der Waals surface area contributed by atoms with Crippen LogP contribution < -0.4 is 5.73 Å². The summed E-state index contributed by atoms with van der Waals surface area (Å²) in [5, 5.41) is 0.396. The van der Waals surface area contributed by atoms with Gasteiger partial charge in [-0.25, -0.2) is 4.99 Å². The molecule has 0 unspecified atom stereocenters. The molecule has 4 heteroatoms. The van der Waals surface area contributed by atoms with Crippen LogP contribution in [0.3, 0.4) is 0 Å². The number of guanidine groups is 1. The van der Waals surface area contributed by atoms with Gasteiger partial charge in [0.25, 0.3) is 0 Å². The van der Waals surface area contributed by atoms with Gasteiger partial charge in [-0.15, -0.1) is 0 Å². The van der Waals surface area contributed by atoms with Gasteiger partial charge in [-0.3, -0.25) is 4.99 Å². The molecule has 0 spiro atoms. The van der Waals surface area contributed by atoms with Gasteiger partial charge in [0.05, 0.1) is 0 Å². The van der Waals surface area contributed by atoms with Crippen LogP contribution in [0.25, 0.3) is 0 Å². The molecule has 0 atom stereocenters. The van der Waals surface area contributed by atoms with Crippen LogP contribution in [0.2, 0.25) is 0 Å². The fraction of sp³-hybridized carbons (Fsp3) is 0.500. The molecule has 0 aromatic rings. The van der Waals surface area contributed by atoms with Crippen molar-refractivity contribution < 1.29 is 0 Å². The first-order valence-corrected chi connectivity index (χ1v) is 2.47. The number of hydrogen-bond acceptors (Lipinski definition) is 1. The van der Waals surface area contributed by atoms with Crippen LogP contribution in [0.4, 0.5) is 0 Å². The highest BCUT2D eigenvalue weighted by atomic mass is 35.5. The highest BCUT2D eigenvalue weighted by molar-refractivity contribution is 6.65. The largest absolute Gasteiger partial charge is 0.368 e. The SMILES string of the molecule is CN=C(N)N=C(C)Cl. The number of nitrogens with zero attached hydrogens (tertiary/aromatic N) is 2. The first kappa shape index (κ1) is 7.43. The van der Waals surface area contributed by atoms with Crippen molar-refractivity contribution >= 4 is 22.7 Å². The van der Waals surface area contributed by atoms with Crippen molar-refractivity contribution in [3.8, 4) is 0 Å². The van der Waals surface area contributed by atoms with Crippen LogP contribution in [0.5, 0.6) is 0 Å². The number of halogens is 1. The van der Waals surface area contributed by atoms with E-state index in [1.54, 1.807) is 14.0 Å². The van der Waals surface area contributed by atoms with E-state index in [1.807, 2.05) is 0 Å². The van der Waals surface area contributed by atoms with E-state index in [4.69, 9.17) is 17.3 Å². The molecular formula is C4H8ClN3. The molecule has 46 valence electrons. The third-order valence-electron chi connectivity index (χ3n) is 0.498. The molecule has 0 aliphatic rings. The second kappa shape index (κ2) is 3.43. The normalized spacial score (nSPS) is 14.4. The Kier molecular flexibility index (Phi) is 3.19. The third-order valence-corrected chi connectivity index (χ3v) is 0.582. The zero-order valence-electron chi connectivity index (χ0n) is 4.85. The Morgan fingerprint density at radius 3 is 2.25 bits per heavy atom. The van der Waals surface area contributed by atoms with Crippen LogP contribution >= 0.6 is 11.6 Å². The fourth-order valence-corrected chi connectivity index (χ4v) is 0.294. The van der Waals surface area contributed by atoms with Gasteiger partial charge >= 0.3 is 0 Å². The summed E-state index contributed by atoms with van der Waals surface area (Å²) >= 11 is 5.34. The van der Waals surface area contributed by atoms with Crippen LogP contribution in [-0.2, 0) is 0 Å². The van der Waals surface area contributed by atoms with Gasteiger partial charge in [0.1, 0.15) is 5.17 Å². The predicted octanol–water partition coefficient (Wildman–Crippen LogP) is 0.588. The topological polar surface area (TPSA) is 50.7 Å². The van der Waals surface area contributed by atoms with Crippen LogP contribution in [0.1, 0.15) is 6.92 Å². The van der Waals surface area contributed by atoms with Crippen molar-refractivity contribution in [2.75, 3.05) is 7.05 Å². The van der Waals surface area contributed by atoms with Crippen molar-refractivity contribution in [3.63, 3.8) is 0 Å². The van der Waals surface area contributed by atoms with Crippen LogP contribution in [-0.4, -0.2) is 18.2 Å². The van der Waals surface area contributed by atoms with E-state index in [1.165, 1.54) is 0 Å². The molecule has 8 heavy (non-hydrogen) atoms. The van der Waals surface area contributed by atoms with E-state index in [2.05, 4.69) is 9.98 Å². The first-order chi connectivity index (χ1) is 3.66. The van der Waals surface area contributed by atoms with E-state index in [0.29, 0.717) is 5.17 Å².